The summed E-state index contributed by atoms with van der Waals surface area (Å²) in [4.78, 5) is 12.7. The van der Waals surface area contributed by atoms with E-state index in [1.165, 1.54) is 5.56 Å². The van der Waals surface area contributed by atoms with Crippen molar-refractivity contribution in [1.82, 2.24) is 10.5 Å². The van der Waals surface area contributed by atoms with Crippen molar-refractivity contribution in [3.8, 4) is 0 Å². The summed E-state index contributed by atoms with van der Waals surface area (Å²) in [5.74, 6) is 0.417. The zero-order valence-corrected chi connectivity index (χ0v) is 18.3. The number of amides is 1. The number of aromatic nitrogens is 1. The summed E-state index contributed by atoms with van der Waals surface area (Å²) in [5.41, 5.74) is 4.93. The van der Waals surface area contributed by atoms with Gasteiger partial charge in [-0.05, 0) is 62.3 Å². The Bertz CT molecular complexity index is 1080. The Labute approximate surface area is 188 Å². The maximum Gasteiger partial charge on any atom is 0.235 e. The second-order valence-electron chi connectivity index (χ2n) is 9.00. The number of carbonyl (C=O) groups excluding carboxylic acids is 1. The van der Waals surface area contributed by atoms with Crippen LogP contribution in [0.25, 0.3) is 0 Å². The zero-order valence-electron chi connectivity index (χ0n) is 18.3. The van der Waals surface area contributed by atoms with Gasteiger partial charge in [-0.2, -0.15) is 0 Å². The van der Waals surface area contributed by atoms with Crippen molar-refractivity contribution in [2.24, 2.45) is 0 Å². The van der Waals surface area contributed by atoms with E-state index in [0.29, 0.717) is 6.04 Å². The Kier molecular flexibility index (Phi) is 5.81. The second-order valence-corrected chi connectivity index (χ2v) is 9.00. The molecule has 1 aliphatic heterocycles. The molecule has 1 saturated heterocycles. The third-order valence-electron chi connectivity index (χ3n) is 6.83. The lowest BCUT2D eigenvalue weighted by Gasteiger charge is -2.20. The van der Waals surface area contributed by atoms with Gasteiger partial charge in [0.15, 0.2) is 5.76 Å². The number of carbonyl (C=O) groups is 1. The fourth-order valence-electron chi connectivity index (χ4n) is 5.03. The number of aryl methyl sites for hydroxylation is 1. The molecule has 2 heterocycles. The van der Waals surface area contributed by atoms with Crippen LogP contribution in [-0.4, -0.2) is 28.3 Å². The van der Waals surface area contributed by atoms with Gasteiger partial charge >= 0.3 is 0 Å². The van der Waals surface area contributed by atoms with Crippen LogP contribution in [0.4, 0.5) is 5.69 Å². The number of rotatable bonds is 6. The molecular weight excluding hydrogens is 402 g/mol. The van der Waals surface area contributed by atoms with E-state index < -0.39 is 6.10 Å². The number of aliphatic hydroxyl groups excluding tert-OH is 1. The Morgan fingerprint density at radius 3 is 2.72 bits per heavy atom. The lowest BCUT2D eigenvalue weighted by Crippen LogP contribution is -2.35. The van der Waals surface area contributed by atoms with Crippen molar-refractivity contribution in [3.63, 3.8) is 0 Å². The number of aliphatic hydroxyl groups is 1. The topological polar surface area (TPSA) is 87.4 Å². The summed E-state index contributed by atoms with van der Waals surface area (Å²) >= 11 is 0. The smallest absolute Gasteiger partial charge is 0.235 e. The fraction of sp³-hybridized carbons (Fsp3) is 0.385. The number of hydrogen-bond donors (Lipinski definition) is 3. The highest BCUT2D eigenvalue weighted by Crippen LogP contribution is 2.35. The van der Waals surface area contributed by atoms with Crippen molar-refractivity contribution >= 4 is 11.6 Å². The van der Waals surface area contributed by atoms with E-state index in [1.54, 1.807) is 0 Å². The molecule has 3 aromatic rings. The first-order chi connectivity index (χ1) is 15.6. The predicted octanol–water partition coefficient (Wildman–Crippen LogP) is 4.05. The highest BCUT2D eigenvalue weighted by Gasteiger charge is 2.34. The minimum Gasteiger partial charge on any atom is -0.387 e. The predicted molar refractivity (Wildman–Crippen MR) is 122 cm³/mol. The molecule has 1 amide bonds. The molecule has 1 unspecified atom stereocenters. The van der Waals surface area contributed by atoms with Crippen molar-refractivity contribution in [1.29, 1.82) is 0 Å². The van der Waals surface area contributed by atoms with Crippen molar-refractivity contribution in [2.45, 2.75) is 63.1 Å². The highest BCUT2D eigenvalue weighted by molar-refractivity contribution is 5.96. The Hall–Kier alpha value is -2.96. The zero-order chi connectivity index (χ0) is 22.1. The van der Waals surface area contributed by atoms with Crippen LogP contribution in [0.1, 0.15) is 59.4 Å². The summed E-state index contributed by atoms with van der Waals surface area (Å²) < 4.78 is 5.39. The average molecular weight is 432 g/mol. The molecule has 4 atom stereocenters. The third-order valence-corrected chi connectivity index (χ3v) is 6.83. The minimum atomic E-state index is -0.483. The molecular formula is C26H29N3O3. The van der Waals surface area contributed by atoms with E-state index in [9.17, 15) is 9.90 Å². The fourth-order valence-corrected chi connectivity index (χ4v) is 5.03. The van der Waals surface area contributed by atoms with Crippen LogP contribution in [0.5, 0.6) is 0 Å². The molecule has 0 bridgehead atoms. The van der Waals surface area contributed by atoms with Gasteiger partial charge in [0.1, 0.15) is 0 Å². The normalized spacial score (nSPS) is 23.1. The van der Waals surface area contributed by atoms with Crippen LogP contribution in [-0.2, 0) is 17.6 Å². The van der Waals surface area contributed by atoms with Crippen LogP contribution in [0.15, 0.2) is 59.1 Å². The number of nitrogens with one attached hydrogen (secondary N) is 2. The molecule has 0 radical (unpaired) electrons. The first-order valence-electron chi connectivity index (χ1n) is 11.4. The van der Waals surface area contributed by atoms with Crippen LogP contribution in [0.2, 0.25) is 0 Å². The molecule has 32 heavy (non-hydrogen) atoms. The van der Waals surface area contributed by atoms with E-state index in [1.807, 2.05) is 49.4 Å². The van der Waals surface area contributed by atoms with Gasteiger partial charge in [-0.1, -0.05) is 47.6 Å². The van der Waals surface area contributed by atoms with Crippen LogP contribution < -0.4 is 10.6 Å². The summed E-state index contributed by atoms with van der Waals surface area (Å²) in [6.07, 6.45) is 4.02. The summed E-state index contributed by atoms with van der Waals surface area (Å²) in [6, 6.07) is 18.3. The Balaban J connectivity index is 1.15. The quantitative estimate of drug-likeness (QED) is 0.548. The minimum absolute atomic E-state index is 0.0390. The van der Waals surface area contributed by atoms with Crippen LogP contribution in [0, 0.1) is 6.92 Å². The van der Waals surface area contributed by atoms with Crippen LogP contribution >= 0.6 is 0 Å². The second kappa shape index (κ2) is 8.88. The number of fused-ring (bicyclic) bond motifs is 1. The first kappa shape index (κ1) is 20.9. The van der Waals surface area contributed by atoms with Gasteiger partial charge in [0.05, 0.1) is 17.7 Å². The largest absolute Gasteiger partial charge is 0.387 e. The van der Waals surface area contributed by atoms with Crippen LogP contribution in [0.3, 0.4) is 0 Å². The molecule has 1 aliphatic carbocycles. The molecule has 1 fully saturated rings. The van der Waals surface area contributed by atoms with Gasteiger partial charge in [0.2, 0.25) is 5.91 Å². The van der Waals surface area contributed by atoms with Gasteiger partial charge < -0.3 is 20.3 Å². The van der Waals surface area contributed by atoms with Crippen molar-refractivity contribution < 1.29 is 14.4 Å². The lowest BCUT2D eigenvalue weighted by atomic mass is 10.0. The van der Waals surface area contributed by atoms with E-state index in [0.717, 1.165) is 60.4 Å². The van der Waals surface area contributed by atoms with E-state index in [2.05, 4.69) is 27.9 Å². The summed E-state index contributed by atoms with van der Waals surface area (Å²) in [5, 5.41) is 21.3. The standard InChI is InChI=1S/C26H29N3O3/c1-16-21-12-13-22(25(21)32-29-16)26(31)28-19-9-7-17(8-10-19)15-20-11-14-23(27-20)24(30)18-5-3-2-4-6-18/h2-10,20,22-24,27,30H,11-15H2,1H3,(H,28,31)/t20-,22?,23+,24+/m0/s1. The van der Waals surface area contributed by atoms with E-state index >= 15 is 0 Å². The molecule has 2 aromatic carbocycles. The number of anilines is 1. The average Bonchev–Trinajstić information content (AvgIpc) is 3.54. The first-order valence-corrected chi connectivity index (χ1v) is 11.4. The maximum atomic E-state index is 12.7. The van der Waals surface area contributed by atoms with Gasteiger partial charge in [0, 0.05) is 23.3 Å². The number of hydrogen-bond acceptors (Lipinski definition) is 5. The summed E-state index contributed by atoms with van der Waals surface area (Å²) in [7, 11) is 0. The SMILES string of the molecule is Cc1noc2c1CCC2C(=O)Nc1ccc(C[C@@H]2CC[C@H]([C@H](O)c3ccccc3)N2)cc1. The number of benzene rings is 2. The molecule has 5 rings (SSSR count). The van der Waals surface area contributed by atoms with E-state index in [-0.39, 0.29) is 17.9 Å². The monoisotopic (exact) mass is 431 g/mol. The van der Waals surface area contributed by atoms with Gasteiger partial charge in [-0.3, -0.25) is 4.79 Å². The molecule has 0 spiro atoms. The molecule has 1 aromatic heterocycles. The van der Waals surface area contributed by atoms with E-state index in [4.69, 9.17) is 4.52 Å². The molecule has 6 heteroatoms. The van der Waals surface area contributed by atoms with Gasteiger partial charge in [0.25, 0.3) is 0 Å². The summed E-state index contributed by atoms with van der Waals surface area (Å²) in [6.45, 7) is 1.92. The molecule has 3 N–H and O–H groups in total. The Morgan fingerprint density at radius 2 is 1.94 bits per heavy atom. The Morgan fingerprint density at radius 1 is 1.16 bits per heavy atom. The van der Waals surface area contributed by atoms with Gasteiger partial charge in [-0.15, -0.1) is 0 Å². The number of nitrogens with zero attached hydrogens (tertiary/aromatic N) is 1. The molecule has 166 valence electrons. The van der Waals surface area contributed by atoms with Gasteiger partial charge in [-0.25, -0.2) is 0 Å². The third kappa shape index (κ3) is 4.20. The molecule has 2 aliphatic rings. The molecule has 6 nitrogen and oxygen atoms in total. The van der Waals surface area contributed by atoms with Crippen molar-refractivity contribution in [2.75, 3.05) is 5.32 Å². The van der Waals surface area contributed by atoms with Crippen molar-refractivity contribution in [3.05, 3.63) is 82.7 Å². The lowest BCUT2D eigenvalue weighted by molar-refractivity contribution is -0.117. The maximum absolute atomic E-state index is 12.7. The molecule has 0 saturated carbocycles. The highest BCUT2D eigenvalue weighted by atomic mass is 16.5.